The molecule has 1 aliphatic heterocycles. The van der Waals surface area contributed by atoms with E-state index >= 15 is 0 Å². The van der Waals surface area contributed by atoms with Gasteiger partial charge in [-0.05, 0) is 38.0 Å². The summed E-state index contributed by atoms with van der Waals surface area (Å²) in [6.07, 6.45) is 3.26. The first-order chi connectivity index (χ1) is 13.1. The molecule has 1 aromatic heterocycles. The fourth-order valence-corrected chi connectivity index (χ4v) is 3.20. The number of carbonyl (C=O) groups excluding carboxylic acids is 2. The molecule has 0 spiro atoms. The number of halogens is 1. The fourth-order valence-electron chi connectivity index (χ4n) is 3.20. The molecule has 1 fully saturated rings. The second kappa shape index (κ2) is 8.52. The van der Waals surface area contributed by atoms with Crippen molar-refractivity contribution in [2.75, 3.05) is 30.3 Å². The Morgan fingerprint density at radius 3 is 3.00 bits per heavy atom. The molecular weight excluding hydrogens is 351 g/mol. The first-order valence-electron chi connectivity index (χ1n) is 8.96. The van der Waals surface area contributed by atoms with Crippen molar-refractivity contribution in [3.63, 3.8) is 0 Å². The Labute approximate surface area is 156 Å². The number of hydrogen-bond acceptors (Lipinski definition) is 3. The van der Waals surface area contributed by atoms with Crippen LogP contribution in [0.5, 0.6) is 0 Å². The number of piperidine rings is 1. The molecule has 1 saturated heterocycles. The third kappa shape index (κ3) is 4.75. The molecular formula is C18H23FN6O2. The molecule has 0 saturated carbocycles. The van der Waals surface area contributed by atoms with E-state index in [2.05, 4.69) is 26.1 Å². The quantitative estimate of drug-likeness (QED) is 0.661. The first-order valence-corrected chi connectivity index (χ1v) is 8.96. The van der Waals surface area contributed by atoms with Crippen molar-refractivity contribution in [3.05, 3.63) is 42.0 Å². The standard InChI is InChI=1S/C18H23FN6O2/c1-2-20-17(26)23-15-10-21-24-16(15)12-5-4-8-25(11-12)18(27)22-14-7-3-6-13(19)9-14/h3,6-7,9-10,12H,2,4-5,8,11H2,1H3,(H,21,24)(H,22,27)(H2,20,23,26)/t12-/m1/s1. The van der Waals surface area contributed by atoms with Gasteiger partial charge in [0.1, 0.15) is 5.82 Å². The summed E-state index contributed by atoms with van der Waals surface area (Å²) in [6.45, 7) is 3.46. The van der Waals surface area contributed by atoms with E-state index in [1.54, 1.807) is 23.2 Å². The maximum atomic E-state index is 13.3. The predicted octanol–water partition coefficient (Wildman–Crippen LogP) is 3.10. The van der Waals surface area contributed by atoms with Gasteiger partial charge in [-0.25, -0.2) is 14.0 Å². The molecule has 27 heavy (non-hydrogen) atoms. The summed E-state index contributed by atoms with van der Waals surface area (Å²) >= 11 is 0. The fraction of sp³-hybridized carbons (Fsp3) is 0.389. The zero-order valence-electron chi connectivity index (χ0n) is 15.1. The molecule has 9 heteroatoms. The summed E-state index contributed by atoms with van der Waals surface area (Å²) in [4.78, 5) is 26.0. The smallest absolute Gasteiger partial charge is 0.321 e. The number of rotatable bonds is 4. The van der Waals surface area contributed by atoms with Crippen LogP contribution in [0.15, 0.2) is 30.5 Å². The second-order valence-corrected chi connectivity index (χ2v) is 6.41. The highest BCUT2D eigenvalue weighted by Gasteiger charge is 2.28. The summed E-state index contributed by atoms with van der Waals surface area (Å²) in [7, 11) is 0. The van der Waals surface area contributed by atoms with Gasteiger partial charge in [0.2, 0.25) is 0 Å². The van der Waals surface area contributed by atoms with Gasteiger partial charge in [0.05, 0.1) is 17.6 Å². The van der Waals surface area contributed by atoms with Crippen molar-refractivity contribution < 1.29 is 14.0 Å². The number of urea groups is 2. The lowest BCUT2D eigenvalue weighted by atomic mass is 9.94. The molecule has 1 aliphatic rings. The van der Waals surface area contributed by atoms with E-state index in [1.807, 2.05) is 6.92 Å². The van der Waals surface area contributed by atoms with Crippen molar-refractivity contribution >= 4 is 23.4 Å². The minimum atomic E-state index is -0.400. The number of amides is 4. The number of hydrogen-bond donors (Lipinski definition) is 4. The topological polar surface area (TPSA) is 102 Å². The minimum absolute atomic E-state index is 0.0245. The van der Waals surface area contributed by atoms with Crippen LogP contribution in [-0.2, 0) is 0 Å². The van der Waals surface area contributed by atoms with Crippen LogP contribution in [0.25, 0.3) is 0 Å². The van der Waals surface area contributed by atoms with Crippen LogP contribution in [0.3, 0.4) is 0 Å². The summed E-state index contributed by atoms with van der Waals surface area (Å²) in [5.74, 6) is -0.376. The lowest BCUT2D eigenvalue weighted by Gasteiger charge is -2.32. The zero-order valence-corrected chi connectivity index (χ0v) is 15.1. The zero-order chi connectivity index (χ0) is 19.2. The van der Waals surface area contributed by atoms with E-state index in [4.69, 9.17) is 0 Å². The van der Waals surface area contributed by atoms with Gasteiger partial charge in [0.25, 0.3) is 0 Å². The van der Waals surface area contributed by atoms with E-state index in [-0.39, 0.29) is 18.0 Å². The number of likely N-dealkylation sites (tertiary alicyclic amines) is 1. The maximum Gasteiger partial charge on any atom is 0.321 e. The van der Waals surface area contributed by atoms with Gasteiger partial charge in [-0.2, -0.15) is 5.10 Å². The van der Waals surface area contributed by atoms with Crippen LogP contribution in [0.4, 0.5) is 25.4 Å². The van der Waals surface area contributed by atoms with Gasteiger partial charge in [0.15, 0.2) is 0 Å². The summed E-state index contributed by atoms with van der Waals surface area (Å²) in [6, 6.07) is 5.23. The maximum absolute atomic E-state index is 13.3. The second-order valence-electron chi connectivity index (χ2n) is 6.41. The Balaban J connectivity index is 1.65. The number of anilines is 2. The van der Waals surface area contributed by atoms with Crippen molar-refractivity contribution in [2.45, 2.75) is 25.7 Å². The van der Waals surface area contributed by atoms with Crippen LogP contribution in [0.1, 0.15) is 31.4 Å². The molecule has 1 aromatic carbocycles. The Morgan fingerprint density at radius 2 is 2.22 bits per heavy atom. The van der Waals surface area contributed by atoms with Crippen molar-refractivity contribution in [3.8, 4) is 0 Å². The van der Waals surface area contributed by atoms with Gasteiger partial charge in [0, 0.05) is 31.2 Å². The molecule has 3 rings (SSSR count). The Kier molecular flexibility index (Phi) is 5.90. The van der Waals surface area contributed by atoms with E-state index in [9.17, 15) is 14.0 Å². The molecule has 1 atom stereocenters. The van der Waals surface area contributed by atoms with E-state index in [1.165, 1.54) is 12.1 Å². The van der Waals surface area contributed by atoms with Gasteiger partial charge in [-0.1, -0.05) is 6.07 Å². The molecule has 2 heterocycles. The predicted molar refractivity (Wildman–Crippen MR) is 100 cm³/mol. The van der Waals surface area contributed by atoms with Crippen LogP contribution < -0.4 is 16.0 Å². The molecule has 8 nitrogen and oxygen atoms in total. The Hall–Kier alpha value is -3.10. The Morgan fingerprint density at radius 1 is 1.37 bits per heavy atom. The SMILES string of the molecule is CCNC(=O)Nc1cn[nH]c1[C@@H]1CCCN(C(=O)Nc2cccc(F)c2)C1. The number of nitrogens with one attached hydrogen (secondary N) is 4. The lowest BCUT2D eigenvalue weighted by Crippen LogP contribution is -2.42. The van der Waals surface area contributed by atoms with Crippen molar-refractivity contribution in [1.82, 2.24) is 20.4 Å². The lowest BCUT2D eigenvalue weighted by molar-refractivity contribution is 0.192. The van der Waals surface area contributed by atoms with Crippen LogP contribution in [0, 0.1) is 5.82 Å². The first kappa shape index (κ1) is 18.7. The van der Waals surface area contributed by atoms with Crippen molar-refractivity contribution in [1.29, 1.82) is 0 Å². The molecule has 4 N–H and O–H groups in total. The minimum Gasteiger partial charge on any atom is -0.338 e. The molecule has 144 valence electrons. The monoisotopic (exact) mass is 374 g/mol. The average molecular weight is 374 g/mol. The molecule has 4 amide bonds. The van der Waals surface area contributed by atoms with Gasteiger partial charge < -0.3 is 20.9 Å². The number of benzene rings is 1. The molecule has 2 aromatic rings. The summed E-state index contributed by atoms with van der Waals surface area (Å²) in [5, 5.41) is 15.1. The number of aromatic nitrogens is 2. The molecule has 0 unspecified atom stereocenters. The molecule has 0 radical (unpaired) electrons. The molecule has 0 aliphatic carbocycles. The number of aromatic amines is 1. The molecule has 0 bridgehead atoms. The third-order valence-electron chi connectivity index (χ3n) is 4.45. The van der Waals surface area contributed by atoms with Gasteiger partial charge in [-0.15, -0.1) is 0 Å². The van der Waals surface area contributed by atoms with E-state index in [0.29, 0.717) is 31.0 Å². The van der Waals surface area contributed by atoms with E-state index in [0.717, 1.165) is 18.5 Å². The third-order valence-corrected chi connectivity index (χ3v) is 4.45. The highest BCUT2D eigenvalue weighted by Crippen LogP contribution is 2.30. The van der Waals surface area contributed by atoms with Crippen molar-refractivity contribution in [2.24, 2.45) is 0 Å². The van der Waals surface area contributed by atoms with Crippen LogP contribution in [-0.4, -0.2) is 46.8 Å². The number of H-pyrrole nitrogens is 1. The summed E-state index contributed by atoms with van der Waals surface area (Å²) in [5.41, 5.74) is 1.82. The highest BCUT2D eigenvalue weighted by atomic mass is 19.1. The Bertz CT molecular complexity index is 809. The number of nitrogens with zero attached hydrogens (tertiary/aromatic N) is 2. The average Bonchev–Trinajstić information content (AvgIpc) is 3.10. The highest BCUT2D eigenvalue weighted by molar-refractivity contribution is 5.90. The summed E-state index contributed by atoms with van der Waals surface area (Å²) < 4.78 is 13.3. The van der Waals surface area contributed by atoms with Gasteiger partial charge in [-0.3, -0.25) is 5.10 Å². The van der Waals surface area contributed by atoms with Crippen LogP contribution in [0.2, 0.25) is 0 Å². The number of carbonyl (C=O) groups is 2. The van der Waals surface area contributed by atoms with E-state index < -0.39 is 5.82 Å². The van der Waals surface area contributed by atoms with Crippen LogP contribution >= 0.6 is 0 Å². The van der Waals surface area contributed by atoms with Gasteiger partial charge >= 0.3 is 12.1 Å². The normalized spacial score (nSPS) is 16.7. The largest absolute Gasteiger partial charge is 0.338 e.